The van der Waals surface area contributed by atoms with Crippen molar-refractivity contribution in [2.45, 2.75) is 32.2 Å². The number of hydrogen-bond donors (Lipinski definition) is 0. The number of nitrogens with zero attached hydrogens (tertiary/aromatic N) is 1. The lowest BCUT2D eigenvalue weighted by Crippen LogP contribution is -2.25. The van der Waals surface area contributed by atoms with E-state index in [-0.39, 0.29) is 15.4 Å². The van der Waals surface area contributed by atoms with Gasteiger partial charge in [0.25, 0.3) is 0 Å². The summed E-state index contributed by atoms with van der Waals surface area (Å²) < 4.78 is 11.0. The molecule has 0 amide bonds. The molecule has 0 unspecified atom stereocenters. The molecule has 0 radical (unpaired) electrons. The first-order chi connectivity index (χ1) is 6.70. The van der Waals surface area contributed by atoms with E-state index >= 15 is 0 Å². The summed E-state index contributed by atoms with van der Waals surface area (Å²) in [5.74, 6) is 0.146. The Balaban J connectivity index is 3.40. The normalized spacial score (nSPS) is 12.4. The Labute approximate surface area is 90.6 Å². The fraction of sp³-hybridized carbons (Fsp3) is 1.00. The molecule has 14 heavy (non-hydrogen) atoms. The summed E-state index contributed by atoms with van der Waals surface area (Å²) in [4.78, 5) is 2.23. The Morgan fingerprint density at radius 3 is 2.14 bits per heavy atom. The highest BCUT2D eigenvalue weighted by Crippen LogP contribution is 1.99. The number of ether oxygens (including phenoxy) is 2. The van der Waals surface area contributed by atoms with Crippen LogP contribution in [0.15, 0.2) is 0 Å². The van der Waals surface area contributed by atoms with E-state index in [9.17, 15) is 0 Å². The standard InChI is InChI=1S/C10H25NO2Si/c1-5-12-10(13-6-2)14-9-7-8-11(3)4/h10H,5-9,14H2,1-4H3. The van der Waals surface area contributed by atoms with Crippen LogP contribution >= 0.6 is 0 Å². The molecular weight excluding hydrogens is 194 g/mol. The quantitative estimate of drug-likeness (QED) is 0.326. The van der Waals surface area contributed by atoms with E-state index in [4.69, 9.17) is 9.47 Å². The lowest BCUT2D eigenvalue weighted by Gasteiger charge is -2.16. The molecule has 0 aliphatic carbocycles. The van der Waals surface area contributed by atoms with Gasteiger partial charge in [-0.1, -0.05) is 6.04 Å². The van der Waals surface area contributed by atoms with E-state index in [0.717, 1.165) is 13.2 Å². The molecule has 0 aromatic carbocycles. The van der Waals surface area contributed by atoms with E-state index < -0.39 is 0 Å². The average molecular weight is 219 g/mol. The fourth-order valence-electron chi connectivity index (χ4n) is 1.33. The van der Waals surface area contributed by atoms with Crippen LogP contribution in [0.25, 0.3) is 0 Å². The number of rotatable bonds is 9. The third-order valence-corrected chi connectivity index (χ3v) is 3.85. The van der Waals surface area contributed by atoms with Gasteiger partial charge < -0.3 is 14.4 Å². The first-order valence-corrected chi connectivity index (χ1v) is 7.40. The van der Waals surface area contributed by atoms with Gasteiger partial charge in [-0.2, -0.15) is 0 Å². The van der Waals surface area contributed by atoms with E-state index in [0.29, 0.717) is 0 Å². The maximum atomic E-state index is 5.52. The molecule has 0 aromatic rings. The van der Waals surface area contributed by atoms with Crippen molar-refractivity contribution in [1.29, 1.82) is 0 Å². The minimum absolute atomic E-state index is 0.146. The Hall–Kier alpha value is 0.0969. The van der Waals surface area contributed by atoms with E-state index in [2.05, 4.69) is 19.0 Å². The van der Waals surface area contributed by atoms with Crippen molar-refractivity contribution < 1.29 is 9.47 Å². The molecule has 0 spiro atoms. The Kier molecular flexibility index (Phi) is 9.71. The molecule has 0 saturated carbocycles. The first kappa shape index (κ1) is 14.1. The molecule has 0 saturated heterocycles. The molecule has 0 bridgehead atoms. The summed E-state index contributed by atoms with van der Waals surface area (Å²) in [6, 6.07) is 1.31. The lowest BCUT2D eigenvalue weighted by molar-refractivity contribution is -0.0827. The Morgan fingerprint density at radius 2 is 1.71 bits per heavy atom. The molecule has 3 nitrogen and oxygen atoms in total. The van der Waals surface area contributed by atoms with Crippen molar-refractivity contribution in [2.24, 2.45) is 0 Å². The Bertz CT molecular complexity index is 117. The zero-order valence-corrected chi connectivity index (χ0v) is 11.5. The van der Waals surface area contributed by atoms with Crippen molar-refractivity contribution in [1.82, 2.24) is 4.90 Å². The summed E-state index contributed by atoms with van der Waals surface area (Å²) >= 11 is 0. The molecule has 0 heterocycles. The Morgan fingerprint density at radius 1 is 1.14 bits per heavy atom. The summed E-state index contributed by atoms with van der Waals surface area (Å²) in [6.07, 6.45) is 1.27. The predicted molar refractivity (Wildman–Crippen MR) is 63.6 cm³/mol. The molecular formula is C10H25NO2Si. The van der Waals surface area contributed by atoms with Crippen LogP contribution in [0.2, 0.25) is 6.04 Å². The zero-order chi connectivity index (χ0) is 10.8. The molecule has 0 N–H and O–H groups in total. The SMILES string of the molecule is CCOC(OCC)[SiH2]CCCN(C)C. The highest BCUT2D eigenvalue weighted by atomic mass is 28.2. The van der Waals surface area contributed by atoms with Gasteiger partial charge in [-0.15, -0.1) is 0 Å². The summed E-state index contributed by atoms with van der Waals surface area (Å²) in [6.45, 7) is 6.77. The second-order valence-electron chi connectivity index (χ2n) is 3.64. The highest BCUT2D eigenvalue weighted by molar-refractivity contribution is 6.36. The second kappa shape index (κ2) is 9.64. The lowest BCUT2D eigenvalue weighted by atomic mass is 10.5. The number of hydrogen-bond acceptors (Lipinski definition) is 3. The van der Waals surface area contributed by atoms with E-state index in [1.165, 1.54) is 19.0 Å². The van der Waals surface area contributed by atoms with Gasteiger partial charge >= 0.3 is 0 Å². The minimum Gasteiger partial charge on any atom is -0.357 e. The second-order valence-corrected chi connectivity index (χ2v) is 5.59. The molecule has 0 atom stereocenters. The molecule has 0 aliphatic heterocycles. The highest BCUT2D eigenvalue weighted by Gasteiger charge is 2.07. The van der Waals surface area contributed by atoms with Crippen LogP contribution in [-0.2, 0) is 9.47 Å². The maximum absolute atomic E-state index is 5.52. The van der Waals surface area contributed by atoms with E-state index in [1.54, 1.807) is 0 Å². The maximum Gasteiger partial charge on any atom is 0.134 e. The third kappa shape index (κ3) is 8.68. The van der Waals surface area contributed by atoms with Gasteiger partial charge in [-0.05, 0) is 40.9 Å². The topological polar surface area (TPSA) is 21.7 Å². The minimum atomic E-state index is -0.211. The van der Waals surface area contributed by atoms with Crippen LogP contribution in [0.3, 0.4) is 0 Å². The monoisotopic (exact) mass is 219 g/mol. The summed E-state index contributed by atoms with van der Waals surface area (Å²) in [7, 11) is 4.02. The summed E-state index contributed by atoms with van der Waals surface area (Å²) in [5, 5.41) is 0. The smallest absolute Gasteiger partial charge is 0.134 e. The molecule has 4 heteroatoms. The summed E-state index contributed by atoms with van der Waals surface area (Å²) in [5.41, 5.74) is 0. The van der Waals surface area contributed by atoms with Crippen molar-refractivity contribution in [3.63, 3.8) is 0 Å². The fourth-order valence-corrected chi connectivity index (χ4v) is 2.98. The molecule has 86 valence electrons. The van der Waals surface area contributed by atoms with Crippen molar-refractivity contribution in [2.75, 3.05) is 33.9 Å². The largest absolute Gasteiger partial charge is 0.357 e. The third-order valence-electron chi connectivity index (χ3n) is 2.00. The molecule has 0 aromatic heterocycles. The van der Waals surface area contributed by atoms with Crippen molar-refractivity contribution in [3.8, 4) is 0 Å². The zero-order valence-electron chi connectivity index (χ0n) is 10.1. The van der Waals surface area contributed by atoms with Gasteiger partial charge in [0.2, 0.25) is 0 Å². The molecule has 0 rings (SSSR count). The van der Waals surface area contributed by atoms with Gasteiger partial charge in [0, 0.05) is 13.2 Å². The van der Waals surface area contributed by atoms with Gasteiger partial charge in [-0.3, -0.25) is 0 Å². The van der Waals surface area contributed by atoms with Crippen molar-refractivity contribution in [3.05, 3.63) is 0 Å². The van der Waals surface area contributed by atoms with Crippen LogP contribution in [0.1, 0.15) is 20.3 Å². The average Bonchev–Trinajstić information content (AvgIpc) is 2.12. The van der Waals surface area contributed by atoms with Crippen LogP contribution in [0, 0.1) is 0 Å². The first-order valence-electron chi connectivity index (χ1n) is 5.58. The molecule has 0 aliphatic rings. The van der Waals surface area contributed by atoms with Crippen LogP contribution in [0.5, 0.6) is 0 Å². The van der Waals surface area contributed by atoms with Gasteiger partial charge in [0.1, 0.15) is 5.91 Å². The van der Waals surface area contributed by atoms with Crippen LogP contribution in [0.4, 0.5) is 0 Å². The van der Waals surface area contributed by atoms with E-state index in [1.807, 2.05) is 13.8 Å². The predicted octanol–water partition coefficient (Wildman–Crippen LogP) is 0.882. The van der Waals surface area contributed by atoms with Gasteiger partial charge in [-0.25, -0.2) is 0 Å². The van der Waals surface area contributed by atoms with Crippen LogP contribution in [-0.4, -0.2) is 54.2 Å². The van der Waals surface area contributed by atoms with Gasteiger partial charge in [0.15, 0.2) is 0 Å². The molecule has 0 fully saturated rings. The van der Waals surface area contributed by atoms with Crippen LogP contribution < -0.4 is 0 Å². The van der Waals surface area contributed by atoms with Crippen molar-refractivity contribution >= 4 is 9.52 Å². The van der Waals surface area contributed by atoms with Gasteiger partial charge in [0.05, 0.1) is 9.52 Å².